The van der Waals surface area contributed by atoms with Gasteiger partial charge < -0.3 is 10.2 Å². The van der Waals surface area contributed by atoms with Gasteiger partial charge in [-0.05, 0) is 42.0 Å². The van der Waals surface area contributed by atoms with Crippen LogP contribution in [-0.2, 0) is 13.1 Å². The summed E-state index contributed by atoms with van der Waals surface area (Å²) in [6.07, 6.45) is 0. The second-order valence-corrected chi connectivity index (χ2v) is 7.87. The molecule has 0 aliphatic carbocycles. The highest BCUT2D eigenvalue weighted by Crippen LogP contribution is 2.28. The highest BCUT2D eigenvalue weighted by Gasteiger charge is 2.36. The first-order valence-electron chi connectivity index (χ1n) is 10.2. The molecule has 2 N–H and O–H groups in total. The van der Waals surface area contributed by atoms with Crippen molar-refractivity contribution in [3.05, 3.63) is 101 Å². The lowest BCUT2D eigenvalue weighted by molar-refractivity contribution is -0.872. The number of fused-ring (bicyclic) bond motifs is 1. The lowest BCUT2D eigenvalue weighted by atomic mass is 10.1. The average molecular weight is 414 g/mol. The Balaban J connectivity index is 1.45. The Bertz CT molecular complexity index is 1120. The van der Waals surface area contributed by atoms with Crippen LogP contribution in [0.1, 0.15) is 42.2 Å². The molecule has 4 rings (SSSR count). The van der Waals surface area contributed by atoms with Crippen molar-refractivity contribution in [1.29, 1.82) is 0 Å². The summed E-state index contributed by atoms with van der Waals surface area (Å²) >= 11 is 0. The minimum Gasteiger partial charge on any atom is -0.348 e. The number of carbonyl (C=O) groups is 3. The third-order valence-electron chi connectivity index (χ3n) is 5.28. The van der Waals surface area contributed by atoms with Gasteiger partial charge in [-0.15, -0.1) is 0 Å². The van der Waals surface area contributed by atoms with Gasteiger partial charge in [0.1, 0.15) is 6.54 Å². The molecule has 0 fully saturated rings. The first-order valence-corrected chi connectivity index (χ1v) is 10.2. The fraction of sp³-hybridized carbons (Fsp3) is 0.160. The van der Waals surface area contributed by atoms with Crippen LogP contribution < -0.4 is 15.1 Å². The Kier molecular flexibility index (Phi) is 5.64. The van der Waals surface area contributed by atoms with E-state index in [1.807, 2.05) is 18.2 Å². The molecule has 0 unspecified atom stereocenters. The average Bonchev–Trinajstić information content (AvgIpc) is 3.03. The van der Waals surface area contributed by atoms with Gasteiger partial charge in [-0.3, -0.25) is 14.4 Å². The minimum absolute atomic E-state index is 0.207. The highest BCUT2D eigenvalue weighted by atomic mass is 16.2. The van der Waals surface area contributed by atoms with Crippen LogP contribution in [0.25, 0.3) is 0 Å². The number of nitrogens with zero attached hydrogens (tertiary/aromatic N) is 1. The van der Waals surface area contributed by atoms with Crippen LogP contribution in [-0.4, -0.2) is 31.8 Å². The third kappa shape index (κ3) is 4.11. The lowest BCUT2D eigenvalue weighted by Gasteiger charge is -2.15. The largest absolute Gasteiger partial charge is 0.348 e. The third-order valence-corrected chi connectivity index (χ3v) is 5.28. The van der Waals surface area contributed by atoms with E-state index in [0.29, 0.717) is 28.9 Å². The van der Waals surface area contributed by atoms with Gasteiger partial charge in [0.05, 0.1) is 30.9 Å². The zero-order valence-corrected chi connectivity index (χ0v) is 17.5. The van der Waals surface area contributed by atoms with Crippen molar-refractivity contribution in [2.75, 3.05) is 19.0 Å². The van der Waals surface area contributed by atoms with E-state index in [0.717, 1.165) is 17.0 Å². The molecular formula is C25H24N3O3+. The highest BCUT2D eigenvalue weighted by molar-refractivity contribution is 6.34. The Morgan fingerprint density at radius 2 is 1.35 bits per heavy atom. The van der Waals surface area contributed by atoms with E-state index < -0.39 is 0 Å². The molecule has 1 aliphatic rings. The molecule has 156 valence electrons. The quantitative estimate of drug-likeness (QED) is 0.607. The van der Waals surface area contributed by atoms with Crippen molar-refractivity contribution in [1.82, 2.24) is 5.32 Å². The first kappa shape index (κ1) is 20.5. The van der Waals surface area contributed by atoms with Crippen LogP contribution in [0.3, 0.4) is 0 Å². The fourth-order valence-electron chi connectivity index (χ4n) is 3.75. The Labute approximate surface area is 181 Å². The molecule has 1 aliphatic heterocycles. The summed E-state index contributed by atoms with van der Waals surface area (Å²) < 4.78 is 0. The predicted molar refractivity (Wildman–Crippen MR) is 118 cm³/mol. The van der Waals surface area contributed by atoms with Crippen LogP contribution in [0, 0.1) is 0 Å². The number of rotatable bonds is 6. The number of carbonyl (C=O) groups excluding carboxylic acids is 3. The Hall–Kier alpha value is -3.77. The number of quaternary nitrogens is 1. The van der Waals surface area contributed by atoms with Crippen LogP contribution in [0.2, 0.25) is 0 Å². The molecule has 0 spiro atoms. The standard InChI is InChI=1S/C25H23N3O3/c1-27(2)16-19-8-4-3-7-18(19)15-26-23(29)17-11-13-20(14-12-17)28-24(30)21-9-5-6-10-22(21)25(28)31/h3-14H,15-16H2,1-2H3,(H,26,29)/p+1. The van der Waals surface area contributed by atoms with E-state index in [-0.39, 0.29) is 17.7 Å². The minimum atomic E-state index is -0.350. The van der Waals surface area contributed by atoms with Gasteiger partial charge in [-0.1, -0.05) is 36.4 Å². The topological polar surface area (TPSA) is 70.9 Å². The molecule has 0 atom stereocenters. The predicted octanol–water partition coefficient (Wildman–Crippen LogP) is 2.06. The fourth-order valence-corrected chi connectivity index (χ4v) is 3.75. The summed E-state index contributed by atoms with van der Waals surface area (Å²) in [6.45, 7) is 1.31. The zero-order chi connectivity index (χ0) is 22.0. The second-order valence-electron chi connectivity index (χ2n) is 7.87. The molecule has 31 heavy (non-hydrogen) atoms. The molecule has 6 heteroatoms. The Morgan fingerprint density at radius 1 is 0.806 bits per heavy atom. The SMILES string of the molecule is C[NH+](C)Cc1ccccc1CNC(=O)c1ccc(N2C(=O)c3ccccc3C2=O)cc1. The molecule has 0 radical (unpaired) electrons. The van der Waals surface area contributed by atoms with Crippen molar-refractivity contribution in [3.8, 4) is 0 Å². The number of anilines is 1. The number of benzene rings is 3. The smallest absolute Gasteiger partial charge is 0.266 e. The van der Waals surface area contributed by atoms with E-state index >= 15 is 0 Å². The maximum atomic E-state index is 12.6. The van der Waals surface area contributed by atoms with Gasteiger partial charge in [0.25, 0.3) is 17.7 Å². The maximum Gasteiger partial charge on any atom is 0.266 e. The van der Waals surface area contributed by atoms with Gasteiger partial charge in [0.2, 0.25) is 0 Å². The summed E-state index contributed by atoms with van der Waals surface area (Å²) in [5, 5.41) is 2.95. The van der Waals surface area contributed by atoms with Gasteiger partial charge >= 0.3 is 0 Å². The normalized spacial score (nSPS) is 12.9. The molecule has 1 heterocycles. The summed E-state index contributed by atoms with van der Waals surface area (Å²) in [6, 6.07) is 21.3. The van der Waals surface area contributed by atoms with E-state index in [1.54, 1.807) is 48.5 Å². The number of nitrogens with one attached hydrogen (secondary N) is 2. The molecular weight excluding hydrogens is 390 g/mol. The Morgan fingerprint density at radius 3 is 1.94 bits per heavy atom. The molecule has 6 nitrogen and oxygen atoms in total. The number of hydrogen-bond acceptors (Lipinski definition) is 3. The molecule has 3 amide bonds. The molecule has 0 saturated carbocycles. The van der Waals surface area contributed by atoms with Crippen LogP contribution >= 0.6 is 0 Å². The van der Waals surface area contributed by atoms with E-state index in [4.69, 9.17) is 0 Å². The van der Waals surface area contributed by atoms with E-state index in [9.17, 15) is 14.4 Å². The summed E-state index contributed by atoms with van der Waals surface area (Å²) in [4.78, 5) is 40.3. The summed E-state index contributed by atoms with van der Waals surface area (Å²) in [5.74, 6) is -0.907. The van der Waals surface area contributed by atoms with Crippen molar-refractivity contribution < 1.29 is 19.3 Å². The monoisotopic (exact) mass is 414 g/mol. The van der Waals surface area contributed by atoms with Crippen LogP contribution in [0.4, 0.5) is 5.69 Å². The van der Waals surface area contributed by atoms with Crippen molar-refractivity contribution in [2.45, 2.75) is 13.1 Å². The van der Waals surface area contributed by atoms with Crippen LogP contribution in [0.15, 0.2) is 72.8 Å². The molecule has 0 saturated heterocycles. The summed E-state index contributed by atoms with van der Waals surface area (Å²) in [5.41, 5.74) is 3.99. The zero-order valence-electron chi connectivity index (χ0n) is 17.5. The van der Waals surface area contributed by atoms with E-state index in [2.05, 4.69) is 25.5 Å². The number of amides is 3. The van der Waals surface area contributed by atoms with Gasteiger partial charge in [-0.2, -0.15) is 0 Å². The maximum absolute atomic E-state index is 12.6. The molecule has 0 bridgehead atoms. The van der Waals surface area contributed by atoms with Gasteiger partial charge in [0.15, 0.2) is 0 Å². The number of hydrogen-bond donors (Lipinski definition) is 2. The van der Waals surface area contributed by atoms with Crippen molar-refractivity contribution in [2.24, 2.45) is 0 Å². The van der Waals surface area contributed by atoms with Gasteiger partial charge in [0, 0.05) is 17.7 Å². The lowest BCUT2D eigenvalue weighted by Crippen LogP contribution is -3.04. The number of imide groups is 1. The molecule has 0 aromatic heterocycles. The van der Waals surface area contributed by atoms with Crippen molar-refractivity contribution in [3.63, 3.8) is 0 Å². The van der Waals surface area contributed by atoms with E-state index in [1.165, 1.54) is 10.5 Å². The molecule has 3 aromatic rings. The van der Waals surface area contributed by atoms with Gasteiger partial charge in [-0.25, -0.2) is 4.90 Å². The second kappa shape index (κ2) is 8.53. The molecule has 3 aromatic carbocycles. The van der Waals surface area contributed by atoms with Crippen molar-refractivity contribution >= 4 is 23.4 Å². The van der Waals surface area contributed by atoms with Crippen LogP contribution in [0.5, 0.6) is 0 Å². The summed E-state index contributed by atoms with van der Waals surface area (Å²) in [7, 11) is 4.18. The first-order chi connectivity index (χ1) is 15.0.